The van der Waals surface area contributed by atoms with Crippen molar-refractivity contribution in [3.05, 3.63) is 16.1 Å². The van der Waals surface area contributed by atoms with Crippen molar-refractivity contribution in [3.8, 4) is 0 Å². The van der Waals surface area contributed by atoms with Gasteiger partial charge in [0, 0.05) is 10.8 Å². The zero-order valence-corrected chi connectivity index (χ0v) is 8.81. The Hall–Kier alpha value is -0.740. The molecule has 72 valence electrons. The van der Waals surface area contributed by atoms with Gasteiger partial charge < -0.3 is 5.11 Å². The highest BCUT2D eigenvalue weighted by Crippen LogP contribution is 2.22. The summed E-state index contributed by atoms with van der Waals surface area (Å²) < 4.78 is 0. The van der Waals surface area contributed by atoms with Gasteiger partial charge in [-0.15, -0.1) is 11.3 Å². The van der Waals surface area contributed by atoms with E-state index in [1.807, 2.05) is 20.8 Å². The Morgan fingerprint density at radius 2 is 2.23 bits per heavy atom. The second-order valence-electron chi connectivity index (χ2n) is 3.88. The quantitative estimate of drug-likeness (QED) is 0.740. The molecule has 1 rings (SSSR count). The first-order valence-corrected chi connectivity index (χ1v) is 4.93. The minimum atomic E-state index is -0.398. The third-order valence-electron chi connectivity index (χ3n) is 1.59. The number of rotatable bonds is 2. The van der Waals surface area contributed by atoms with Crippen molar-refractivity contribution in [3.63, 3.8) is 0 Å². The topological polar surface area (TPSA) is 50.2 Å². The molecular weight excluding hydrogens is 186 g/mol. The van der Waals surface area contributed by atoms with Gasteiger partial charge in [-0.1, -0.05) is 20.8 Å². The molecule has 0 aliphatic heterocycles. The van der Waals surface area contributed by atoms with Crippen molar-refractivity contribution in [1.29, 1.82) is 0 Å². The number of carbonyl (C=O) groups is 1. The Kier molecular flexibility index (Phi) is 2.83. The summed E-state index contributed by atoms with van der Waals surface area (Å²) in [5.41, 5.74) is 0.169. The van der Waals surface area contributed by atoms with Gasteiger partial charge in [-0.3, -0.25) is 4.79 Å². The number of aromatic nitrogens is 1. The van der Waals surface area contributed by atoms with E-state index in [1.165, 1.54) is 11.3 Å². The van der Waals surface area contributed by atoms with Crippen LogP contribution in [0.5, 0.6) is 0 Å². The molecule has 0 aliphatic rings. The maximum atomic E-state index is 11.7. The SMILES string of the molecule is CC(C)(C)C(=O)c1nc(CO)cs1. The number of hydrogen-bond donors (Lipinski definition) is 1. The Labute approximate surface area is 81.4 Å². The van der Waals surface area contributed by atoms with Gasteiger partial charge in [0.25, 0.3) is 0 Å². The molecule has 1 N–H and O–H groups in total. The summed E-state index contributed by atoms with van der Waals surface area (Å²) in [7, 11) is 0. The number of carbonyl (C=O) groups excluding carboxylic acids is 1. The molecule has 3 nitrogen and oxygen atoms in total. The first-order valence-electron chi connectivity index (χ1n) is 4.05. The lowest BCUT2D eigenvalue weighted by Gasteiger charge is -2.13. The van der Waals surface area contributed by atoms with Crippen molar-refractivity contribution in [2.75, 3.05) is 0 Å². The molecule has 13 heavy (non-hydrogen) atoms. The summed E-state index contributed by atoms with van der Waals surface area (Å²) in [5, 5.41) is 11.0. The van der Waals surface area contributed by atoms with Gasteiger partial charge in [-0.2, -0.15) is 0 Å². The smallest absolute Gasteiger partial charge is 0.196 e. The number of hydrogen-bond acceptors (Lipinski definition) is 4. The molecule has 0 bridgehead atoms. The Bertz CT molecular complexity index is 312. The largest absolute Gasteiger partial charge is 0.390 e. The van der Waals surface area contributed by atoms with Crippen molar-refractivity contribution in [1.82, 2.24) is 4.98 Å². The molecule has 1 heterocycles. The Morgan fingerprint density at radius 3 is 2.62 bits per heavy atom. The molecule has 1 aromatic heterocycles. The van der Waals surface area contributed by atoms with E-state index < -0.39 is 5.41 Å². The summed E-state index contributed by atoms with van der Waals surface area (Å²) in [6, 6.07) is 0. The molecule has 0 fully saturated rings. The van der Waals surface area contributed by atoms with Gasteiger partial charge in [0.1, 0.15) is 0 Å². The molecule has 4 heteroatoms. The van der Waals surface area contributed by atoms with Crippen LogP contribution in [-0.4, -0.2) is 15.9 Å². The molecule has 0 aliphatic carbocycles. The molecule has 0 atom stereocenters. The molecule has 0 saturated heterocycles. The number of thiazole rings is 1. The normalized spacial score (nSPS) is 11.7. The van der Waals surface area contributed by atoms with Crippen LogP contribution in [0.25, 0.3) is 0 Å². The summed E-state index contributed by atoms with van der Waals surface area (Å²) in [5.74, 6) is 0.0252. The zero-order chi connectivity index (χ0) is 10.1. The van der Waals surface area contributed by atoms with Gasteiger partial charge in [0.15, 0.2) is 10.8 Å². The second kappa shape index (κ2) is 3.55. The van der Waals surface area contributed by atoms with Gasteiger partial charge in [0.2, 0.25) is 0 Å². The van der Waals surface area contributed by atoms with Gasteiger partial charge >= 0.3 is 0 Å². The predicted molar refractivity (Wildman–Crippen MR) is 51.8 cm³/mol. The first kappa shape index (κ1) is 10.3. The minimum Gasteiger partial charge on any atom is -0.390 e. The fraction of sp³-hybridized carbons (Fsp3) is 0.556. The van der Waals surface area contributed by atoms with E-state index in [2.05, 4.69) is 4.98 Å². The molecular formula is C9H13NO2S. The number of ketones is 1. The monoisotopic (exact) mass is 199 g/mol. The molecule has 1 aromatic rings. The van der Waals surface area contributed by atoms with Crippen LogP contribution in [0.1, 0.15) is 36.3 Å². The maximum absolute atomic E-state index is 11.7. The highest BCUT2D eigenvalue weighted by Gasteiger charge is 2.25. The maximum Gasteiger partial charge on any atom is 0.196 e. The van der Waals surface area contributed by atoms with E-state index in [4.69, 9.17) is 5.11 Å². The first-order chi connectivity index (χ1) is 5.95. The van der Waals surface area contributed by atoms with Crippen LogP contribution in [0.3, 0.4) is 0 Å². The van der Waals surface area contributed by atoms with Crippen LogP contribution in [0.2, 0.25) is 0 Å². The molecule has 0 radical (unpaired) electrons. The van der Waals surface area contributed by atoms with E-state index in [9.17, 15) is 4.79 Å². The van der Waals surface area contributed by atoms with Crippen LogP contribution in [0.4, 0.5) is 0 Å². The molecule has 0 unspecified atom stereocenters. The van der Waals surface area contributed by atoms with Crippen molar-refractivity contribution < 1.29 is 9.90 Å². The number of nitrogens with zero attached hydrogens (tertiary/aromatic N) is 1. The Balaban J connectivity index is 2.90. The average molecular weight is 199 g/mol. The van der Waals surface area contributed by atoms with E-state index >= 15 is 0 Å². The second-order valence-corrected chi connectivity index (χ2v) is 4.74. The number of aliphatic hydroxyl groups is 1. The highest BCUT2D eigenvalue weighted by atomic mass is 32.1. The fourth-order valence-corrected chi connectivity index (χ4v) is 1.76. The third-order valence-corrected chi connectivity index (χ3v) is 2.48. The van der Waals surface area contributed by atoms with Crippen LogP contribution < -0.4 is 0 Å². The van der Waals surface area contributed by atoms with Crippen molar-refractivity contribution >= 4 is 17.1 Å². The highest BCUT2D eigenvalue weighted by molar-refractivity contribution is 7.11. The molecule has 0 saturated carbocycles. The lowest BCUT2D eigenvalue weighted by atomic mass is 9.91. The predicted octanol–water partition coefficient (Wildman–Crippen LogP) is 1.86. The average Bonchev–Trinajstić information content (AvgIpc) is 2.48. The van der Waals surface area contributed by atoms with E-state index in [0.29, 0.717) is 10.7 Å². The van der Waals surface area contributed by atoms with Crippen LogP contribution in [-0.2, 0) is 6.61 Å². The summed E-state index contributed by atoms with van der Waals surface area (Å²) in [6.07, 6.45) is 0. The number of aliphatic hydroxyl groups excluding tert-OH is 1. The third kappa shape index (κ3) is 2.35. The van der Waals surface area contributed by atoms with E-state index in [0.717, 1.165) is 0 Å². The fourth-order valence-electron chi connectivity index (χ4n) is 0.805. The van der Waals surface area contributed by atoms with Crippen molar-refractivity contribution in [2.24, 2.45) is 5.41 Å². The lowest BCUT2D eigenvalue weighted by molar-refractivity contribution is 0.0857. The zero-order valence-electron chi connectivity index (χ0n) is 8.00. The Morgan fingerprint density at radius 1 is 1.62 bits per heavy atom. The molecule has 0 aromatic carbocycles. The van der Waals surface area contributed by atoms with Crippen molar-refractivity contribution in [2.45, 2.75) is 27.4 Å². The van der Waals surface area contributed by atoms with Crippen LogP contribution in [0.15, 0.2) is 5.38 Å². The van der Waals surface area contributed by atoms with Crippen LogP contribution in [0, 0.1) is 5.41 Å². The number of Topliss-reactive ketones (excluding diaryl/α,β-unsaturated/α-hetero) is 1. The summed E-state index contributed by atoms with van der Waals surface area (Å²) in [4.78, 5) is 15.7. The lowest BCUT2D eigenvalue weighted by Crippen LogP contribution is -2.19. The molecule has 0 amide bonds. The van der Waals surface area contributed by atoms with Gasteiger partial charge in [-0.05, 0) is 0 Å². The minimum absolute atomic E-state index is 0.0252. The van der Waals surface area contributed by atoms with E-state index in [1.54, 1.807) is 5.38 Å². The van der Waals surface area contributed by atoms with Gasteiger partial charge in [0.05, 0.1) is 12.3 Å². The van der Waals surface area contributed by atoms with Crippen LogP contribution >= 0.6 is 11.3 Å². The summed E-state index contributed by atoms with van der Waals surface area (Å²) >= 11 is 1.29. The molecule has 0 spiro atoms. The van der Waals surface area contributed by atoms with Gasteiger partial charge in [-0.25, -0.2) is 4.98 Å². The summed E-state index contributed by atoms with van der Waals surface area (Å²) in [6.45, 7) is 5.47. The van der Waals surface area contributed by atoms with E-state index in [-0.39, 0.29) is 12.4 Å². The standard InChI is InChI=1S/C9H13NO2S/c1-9(2,3)7(12)8-10-6(4-11)5-13-8/h5,11H,4H2,1-3H3.